The third-order valence-corrected chi connectivity index (χ3v) is 8.07. The molecular weight excluding hydrogens is 424 g/mol. The molecule has 5 rings (SSSR count). The zero-order valence-electron chi connectivity index (χ0n) is 20.3. The molecule has 6 nitrogen and oxygen atoms in total. The van der Waals surface area contributed by atoms with E-state index in [4.69, 9.17) is 5.73 Å². The second kappa shape index (κ2) is 9.06. The van der Waals surface area contributed by atoms with Crippen molar-refractivity contribution >= 4 is 11.6 Å². The van der Waals surface area contributed by atoms with Gasteiger partial charge in [0.1, 0.15) is 0 Å². The zero-order valence-corrected chi connectivity index (χ0v) is 20.3. The van der Waals surface area contributed by atoms with Crippen LogP contribution in [-0.4, -0.2) is 29.5 Å². The van der Waals surface area contributed by atoms with E-state index in [1.165, 1.54) is 12.8 Å². The normalized spacial score (nSPS) is 27.2. The SMILES string of the molecule is CCN(c1cccc2c1C/C=C/CCc1cc(C)[nH]c(=O)c1CNC2=O)C1CC2(CC(N)C2)C1. The number of fused-ring (bicyclic) bond motifs is 2. The number of hydrogen-bond acceptors (Lipinski definition) is 4. The minimum Gasteiger partial charge on any atom is -0.369 e. The fourth-order valence-corrected chi connectivity index (χ4v) is 6.47. The number of aryl methyl sites for hydroxylation is 2. The maximum absolute atomic E-state index is 13.3. The number of nitrogens with one attached hydrogen (secondary N) is 2. The Labute approximate surface area is 201 Å². The van der Waals surface area contributed by atoms with Crippen molar-refractivity contribution in [2.75, 3.05) is 11.4 Å². The molecule has 0 saturated heterocycles. The standard InChI is InChI=1S/C28H36N4O2/c1-3-32(21-15-28(16-21)13-20(29)14-28)25-11-7-10-23-22(25)9-6-4-5-8-19-12-18(2)31-27(34)24(19)17-30-26(23)33/h4,6-7,10-12,20-21H,3,5,8-9,13-17,29H2,1-2H3,(H,30,33)(H,31,34)/b6-4+. The summed E-state index contributed by atoms with van der Waals surface area (Å²) in [7, 11) is 0. The van der Waals surface area contributed by atoms with Crippen LogP contribution in [0.15, 0.2) is 41.2 Å². The van der Waals surface area contributed by atoms with Crippen molar-refractivity contribution in [1.29, 1.82) is 0 Å². The summed E-state index contributed by atoms with van der Waals surface area (Å²) in [5.74, 6) is -0.122. The number of nitrogens with two attached hydrogens (primary N) is 1. The lowest BCUT2D eigenvalue weighted by Gasteiger charge is -2.59. The van der Waals surface area contributed by atoms with Crippen LogP contribution in [0.4, 0.5) is 5.69 Å². The first kappa shape index (κ1) is 22.9. The highest BCUT2D eigenvalue weighted by molar-refractivity contribution is 5.97. The molecule has 0 bridgehead atoms. The molecule has 0 radical (unpaired) electrons. The molecule has 1 spiro atoms. The maximum atomic E-state index is 13.3. The van der Waals surface area contributed by atoms with E-state index in [2.05, 4.69) is 40.3 Å². The summed E-state index contributed by atoms with van der Waals surface area (Å²) in [6.45, 7) is 5.25. The topological polar surface area (TPSA) is 91.2 Å². The van der Waals surface area contributed by atoms with Crippen molar-refractivity contribution in [3.05, 3.63) is 74.7 Å². The smallest absolute Gasteiger partial charge is 0.253 e. The highest BCUT2D eigenvalue weighted by atomic mass is 16.1. The lowest BCUT2D eigenvalue weighted by atomic mass is 9.52. The molecule has 34 heavy (non-hydrogen) atoms. The van der Waals surface area contributed by atoms with E-state index in [9.17, 15) is 9.59 Å². The van der Waals surface area contributed by atoms with E-state index >= 15 is 0 Å². The number of pyridine rings is 1. The first-order valence-corrected chi connectivity index (χ1v) is 12.7. The molecule has 180 valence electrons. The number of amides is 1. The minimum absolute atomic E-state index is 0.114. The van der Waals surface area contributed by atoms with Crippen molar-refractivity contribution in [3.63, 3.8) is 0 Å². The van der Waals surface area contributed by atoms with Crippen LogP contribution in [-0.2, 0) is 19.4 Å². The van der Waals surface area contributed by atoms with Gasteiger partial charge < -0.3 is 20.9 Å². The number of allylic oxidation sites excluding steroid dienone is 2. The molecule has 2 fully saturated rings. The summed E-state index contributed by atoms with van der Waals surface area (Å²) in [6, 6.07) is 8.97. The van der Waals surface area contributed by atoms with Crippen LogP contribution in [0, 0.1) is 12.3 Å². The van der Waals surface area contributed by atoms with Gasteiger partial charge in [-0.3, -0.25) is 9.59 Å². The molecule has 0 unspecified atom stereocenters. The van der Waals surface area contributed by atoms with Gasteiger partial charge in [-0.05, 0) is 93.5 Å². The van der Waals surface area contributed by atoms with Gasteiger partial charge in [0.15, 0.2) is 0 Å². The van der Waals surface area contributed by atoms with Gasteiger partial charge in [0.25, 0.3) is 11.5 Å². The Bertz CT molecular complexity index is 1170. The maximum Gasteiger partial charge on any atom is 0.253 e. The summed E-state index contributed by atoms with van der Waals surface area (Å²) in [4.78, 5) is 31.3. The second-order valence-electron chi connectivity index (χ2n) is 10.5. The Morgan fingerprint density at radius 3 is 2.65 bits per heavy atom. The molecule has 2 aromatic rings. The number of benzene rings is 1. The fourth-order valence-electron chi connectivity index (χ4n) is 6.47. The number of rotatable bonds is 3. The molecule has 6 heteroatoms. The number of anilines is 1. The number of nitrogens with zero attached hydrogens (tertiary/aromatic N) is 1. The van der Waals surface area contributed by atoms with E-state index in [1.54, 1.807) is 0 Å². The quantitative estimate of drug-likeness (QED) is 0.609. The molecule has 1 amide bonds. The van der Waals surface area contributed by atoms with Gasteiger partial charge in [-0.2, -0.15) is 0 Å². The van der Waals surface area contributed by atoms with Crippen molar-refractivity contribution in [3.8, 4) is 0 Å². The second-order valence-corrected chi connectivity index (χ2v) is 10.5. The molecule has 1 aromatic heterocycles. The van der Waals surface area contributed by atoms with Crippen molar-refractivity contribution in [2.45, 2.75) is 77.4 Å². The van der Waals surface area contributed by atoms with Gasteiger partial charge in [-0.1, -0.05) is 18.2 Å². The number of carbonyl (C=O) groups is 1. The van der Waals surface area contributed by atoms with Crippen LogP contribution in [0.5, 0.6) is 0 Å². The lowest BCUT2D eigenvalue weighted by molar-refractivity contribution is -0.00791. The molecule has 1 aliphatic heterocycles. The Kier molecular flexibility index (Phi) is 6.11. The van der Waals surface area contributed by atoms with Crippen LogP contribution in [0.1, 0.15) is 71.8 Å². The van der Waals surface area contributed by atoms with Gasteiger partial charge >= 0.3 is 0 Å². The Morgan fingerprint density at radius 2 is 1.91 bits per heavy atom. The summed E-state index contributed by atoms with van der Waals surface area (Å²) in [5.41, 5.74) is 11.9. The summed E-state index contributed by atoms with van der Waals surface area (Å²) in [5, 5.41) is 3.04. The molecule has 3 aliphatic rings. The van der Waals surface area contributed by atoms with E-state index in [1.807, 2.05) is 25.1 Å². The van der Waals surface area contributed by atoms with Gasteiger partial charge in [-0.15, -0.1) is 0 Å². The van der Waals surface area contributed by atoms with Crippen LogP contribution in [0.2, 0.25) is 0 Å². The first-order valence-electron chi connectivity index (χ1n) is 12.7. The number of aromatic amines is 1. The first-order chi connectivity index (χ1) is 16.4. The van der Waals surface area contributed by atoms with Crippen LogP contribution >= 0.6 is 0 Å². The average molecular weight is 461 g/mol. The predicted molar refractivity (Wildman–Crippen MR) is 136 cm³/mol. The summed E-state index contributed by atoms with van der Waals surface area (Å²) >= 11 is 0. The van der Waals surface area contributed by atoms with Gasteiger partial charge in [0.05, 0.1) is 0 Å². The molecular formula is C28H36N4O2. The zero-order chi connectivity index (χ0) is 23.9. The minimum atomic E-state index is -0.122. The van der Waals surface area contributed by atoms with Crippen molar-refractivity contribution < 1.29 is 4.79 Å². The third kappa shape index (κ3) is 4.20. The molecule has 0 atom stereocenters. The summed E-state index contributed by atoms with van der Waals surface area (Å²) in [6.07, 6.45) is 11.4. The molecule has 4 N–H and O–H groups in total. The largest absolute Gasteiger partial charge is 0.369 e. The predicted octanol–water partition coefficient (Wildman–Crippen LogP) is 3.75. The number of carbonyl (C=O) groups excluding carboxylic acids is 1. The number of aromatic nitrogens is 1. The highest BCUT2D eigenvalue weighted by Crippen LogP contribution is 2.57. The van der Waals surface area contributed by atoms with Gasteiger partial charge in [0.2, 0.25) is 0 Å². The monoisotopic (exact) mass is 460 g/mol. The lowest BCUT2D eigenvalue weighted by Crippen LogP contribution is -2.60. The molecule has 2 saturated carbocycles. The van der Waals surface area contributed by atoms with E-state index in [-0.39, 0.29) is 18.0 Å². The summed E-state index contributed by atoms with van der Waals surface area (Å²) < 4.78 is 0. The van der Waals surface area contributed by atoms with Crippen LogP contribution < -0.4 is 21.5 Å². The Hall–Kier alpha value is -2.86. The van der Waals surface area contributed by atoms with E-state index in [0.717, 1.165) is 61.2 Å². The fraction of sp³-hybridized carbons (Fsp3) is 0.500. The van der Waals surface area contributed by atoms with Gasteiger partial charge in [-0.25, -0.2) is 0 Å². The van der Waals surface area contributed by atoms with Crippen molar-refractivity contribution in [1.82, 2.24) is 10.3 Å². The van der Waals surface area contributed by atoms with E-state index in [0.29, 0.717) is 28.6 Å². The van der Waals surface area contributed by atoms with Crippen molar-refractivity contribution in [2.24, 2.45) is 11.1 Å². The molecule has 1 aromatic carbocycles. The Morgan fingerprint density at radius 1 is 1.12 bits per heavy atom. The Balaban J connectivity index is 1.44. The van der Waals surface area contributed by atoms with Gasteiger partial charge in [0, 0.05) is 47.7 Å². The molecule has 2 aliphatic carbocycles. The average Bonchev–Trinajstić information content (AvgIpc) is 2.75. The highest BCUT2D eigenvalue weighted by Gasteiger charge is 2.53. The third-order valence-electron chi connectivity index (χ3n) is 8.07. The van der Waals surface area contributed by atoms with E-state index < -0.39 is 0 Å². The number of H-pyrrole nitrogens is 1. The van der Waals surface area contributed by atoms with Crippen LogP contribution in [0.25, 0.3) is 0 Å². The van der Waals surface area contributed by atoms with Crippen LogP contribution in [0.3, 0.4) is 0 Å². The molecule has 2 heterocycles. The number of hydrogen-bond donors (Lipinski definition) is 3.